The first-order chi connectivity index (χ1) is 15.1. The van der Waals surface area contributed by atoms with Gasteiger partial charge in [0.1, 0.15) is 17.3 Å². The maximum atomic E-state index is 13.2. The quantitative estimate of drug-likeness (QED) is 0.294. The van der Waals surface area contributed by atoms with Crippen LogP contribution in [-0.4, -0.2) is 60.0 Å². The van der Waals surface area contributed by atoms with E-state index in [1.165, 1.54) is 12.1 Å². The van der Waals surface area contributed by atoms with Crippen LogP contribution in [0.3, 0.4) is 0 Å². The van der Waals surface area contributed by atoms with Crippen molar-refractivity contribution in [3.63, 3.8) is 0 Å². The molecule has 0 aliphatic carbocycles. The molecular weight excluding hydrogens is 526 g/mol. The van der Waals surface area contributed by atoms with E-state index < -0.39 is 0 Å². The molecule has 176 valence electrons. The van der Waals surface area contributed by atoms with E-state index in [0.29, 0.717) is 12.5 Å². The van der Waals surface area contributed by atoms with Crippen molar-refractivity contribution in [2.45, 2.75) is 18.6 Å². The summed E-state index contributed by atoms with van der Waals surface area (Å²) in [7, 11) is 6.70. The van der Waals surface area contributed by atoms with Crippen LogP contribution in [0.4, 0.5) is 10.1 Å². The second-order valence-electron chi connectivity index (χ2n) is 7.38. The number of hydrogen-bond acceptors (Lipinski definition) is 5. The molecule has 0 spiro atoms. The molecule has 2 N–H and O–H groups in total. The molecule has 2 aromatic carbocycles. The minimum atomic E-state index is -0.261. The summed E-state index contributed by atoms with van der Waals surface area (Å²) in [6.45, 7) is 2.27. The minimum absolute atomic E-state index is 0. The molecule has 0 aromatic heterocycles. The predicted molar refractivity (Wildman–Crippen MR) is 136 cm³/mol. The van der Waals surface area contributed by atoms with Crippen LogP contribution < -0.4 is 25.0 Å². The molecule has 2 unspecified atom stereocenters. The van der Waals surface area contributed by atoms with E-state index in [1.807, 2.05) is 18.2 Å². The molecule has 1 aliphatic rings. The van der Waals surface area contributed by atoms with Crippen molar-refractivity contribution in [2.24, 2.45) is 4.99 Å². The van der Waals surface area contributed by atoms with Crippen molar-refractivity contribution in [1.82, 2.24) is 10.6 Å². The van der Waals surface area contributed by atoms with Gasteiger partial charge in [-0.25, -0.2) is 4.39 Å². The standard InChI is InChI=1S/C23H31FN4O3.HI/c1-25-23(26-14-22(31-4)16-5-7-17(24)8-6-16)27-18-9-10-28(15-18)19-11-20(29-2)13-21(12-19)30-3;/h5-8,11-13,18,22H,9-10,14-15H2,1-4H3,(H2,25,26,27);1H. The van der Waals surface area contributed by atoms with Crippen LogP contribution in [0.15, 0.2) is 47.5 Å². The topological polar surface area (TPSA) is 67.4 Å². The Kier molecular flexibility index (Phi) is 10.3. The zero-order valence-electron chi connectivity index (χ0n) is 18.9. The van der Waals surface area contributed by atoms with Crippen LogP contribution in [0.2, 0.25) is 0 Å². The van der Waals surface area contributed by atoms with Gasteiger partial charge in [0.25, 0.3) is 0 Å². The fourth-order valence-electron chi connectivity index (χ4n) is 3.68. The van der Waals surface area contributed by atoms with Gasteiger partial charge in [0, 0.05) is 63.7 Å². The summed E-state index contributed by atoms with van der Waals surface area (Å²) in [5, 5.41) is 6.79. The monoisotopic (exact) mass is 558 g/mol. The number of ether oxygens (including phenoxy) is 3. The first-order valence-corrected chi connectivity index (χ1v) is 10.3. The van der Waals surface area contributed by atoms with Crippen molar-refractivity contribution in [3.8, 4) is 11.5 Å². The summed E-state index contributed by atoms with van der Waals surface area (Å²) in [4.78, 5) is 6.64. The number of hydrogen-bond donors (Lipinski definition) is 2. The van der Waals surface area contributed by atoms with E-state index >= 15 is 0 Å². The number of halogens is 2. The Labute approximate surface area is 206 Å². The maximum absolute atomic E-state index is 13.2. The Morgan fingerprint density at radius 3 is 2.34 bits per heavy atom. The zero-order chi connectivity index (χ0) is 22.2. The zero-order valence-corrected chi connectivity index (χ0v) is 21.3. The van der Waals surface area contributed by atoms with Crippen molar-refractivity contribution in [2.75, 3.05) is 52.9 Å². The molecule has 1 saturated heterocycles. The van der Waals surface area contributed by atoms with Gasteiger partial charge in [-0.15, -0.1) is 24.0 Å². The number of nitrogens with one attached hydrogen (secondary N) is 2. The Morgan fingerprint density at radius 1 is 1.12 bits per heavy atom. The van der Waals surface area contributed by atoms with Gasteiger partial charge in [0.2, 0.25) is 0 Å². The molecule has 1 fully saturated rings. The first kappa shape index (κ1) is 26.0. The van der Waals surface area contributed by atoms with Crippen LogP contribution in [0.1, 0.15) is 18.1 Å². The van der Waals surface area contributed by atoms with Gasteiger partial charge in [0.15, 0.2) is 5.96 Å². The lowest BCUT2D eigenvalue weighted by Crippen LogP contribution is -2.45. The SMILES string of the molecule is CN=C(NCC(OC)c1ccc(F)cc1)NC1CCN(c2cc(OC)cc(OC)c2)C1.I. The Morgan fingerprint density at radius 2 is 1.78 bits per heavy atom. The molecule has 3 rings (SSSR count). The second-order valence-corrected chi connectivity index (χ2v) is 7.38. The van der Waals surface area contributed by atoms with Crippen molar-refractivity contribution < 1.29 is 18.6 Å². The van der Waals surface area contributed by atoms with Crippen molar-refractivity contribution in [3.05, 3.63) is 53.8 Å². The van der Waals surface area contributed by atoms with Crippen LogP contribution in [0.25, 0.3) is 0 Å². The van der Waals surface area contributed by atoms with Crippen molar-refractivity contribution >= 4 is 35.6 Å². The highest BCUT2D eigenvalue weighted by molar-refractivity contribution is 14.0. The Bertz CT molecular complexity index is 860. The summed E-state index contributed by atoms with van der Waals surface area (Å²) in [5.41, 5.74) is 1.98. The van der Waals surface area contributed by atoms with E-state index in [9.17, 15) is 4.39 Å². The molecule has 7 nitrogen and oxygen atoms in total. The fourth-order valence-corrected chi connectivity index (χ4v) is 3.68. The van der Waals surface area contributed by atoms with Crippen LogP contribution >= 0.6 is 24.0 Å². The van der Waals surface area contributed by atoms with Crippen molar-refractivity contribution in [1.29, 1.82) is 0 Å². The predicted octanol–water partition coefficient (Wildman–Crippen LogP) is 3.59. The van der Waals surface area contributed by atoms with E-state index in [4.69, 9.17) is 14.2 Å². The molecule has 9 heteroatoms. The first-order valence-electron chi connectivity index (χ1n) is 10.3. The molecule has 0 saturated carbocycles. The number of methoxy groups -OCH3 is 3. The summed E-state index contributed by atoms with van der Waals surface area (Å²) < 4.78 is 29.5. The summed E-state index contributed by atoms with van der Waals surface area (Å²) in [5.74, 6) is 1.99. The highest BCUT2D eigenvalue weighted by atomic mass is 127. The lowest BCUT2D eigenvalue weighted by molar-refractivity contribution is 0.106. The van der Waals surface area contributed by atoms with E-state index in [1.54, 1.807) is 40.5 Å². The average Bonchev–Trinajstić information content (AvgIpc) is 3.27. The maximum Gasteiger partial charge on any atom is 0.191 e. The lowest BCUT2D eigenvalue weighted by Gasteiger charge is -2.22. The smallest absolute Gasteiger partial charge is 0.191 e. The number of rotatable bonds is 8. The number of benzene rings is 2. The fraction of sp³-hybridized carbons (Fsp3) is 0.435. The number of guanidine groups is 1. The number of aliphatic imine (C=N–C) groups is 1. The van der Waals surface area contributed by atoms with Gasteiger partial charge >= 0.3 is 0 Å². The molecule has 2 aromatic rings. The highest BCUT2D eigenvalue weighted by Crippen LogP contribution is 2.30. The van der Waals surface area contributed by atoms with Gasteiger partial charge in [-0.05, 0) is 24.1 Å². The number of nitrogens with zero attached hydrogens (tertiary/aromatic N) is 2. The lowest BCUT2D eigenvalue weighted by atomic mass is 10.1. The molecule has 0 amide bonds. The molecule has 2 atom stereocenters. The van der Waals surface area contributed by atoms with Gasteiger partial charge in [-0.2, -0.15) is 0 Å². The molecule has 1 heterocycles. The molecule has 1 aliphatic heterocycles. The Balaban J connectivity index is 0.00000363. The van der Waals surface area contributed by atoms with E-state index in [-0.39, 0.29) is 41.9 Å². The van der Waals surface area contributed by atoms with Gasteiger partial charge in [0.05, 0.1) is 20.3 Å². The third-order valence-electron chi connectivity index (χ3n) is 5.44. The average molecular weight is 558 g/mol. The minimum Gasteiger partial charge on any atom is -0.497 e. The summed E-state index contributed by atoms with van der Waals surface area (Å²) >= 11 is 0. The molecule has 0 bridgehead atoms. The third kappa shape index (κ3) is 6.86. The van der Waals surface area contributed by atoms with Crippen LogP contribution in [0, 0.1) is 5.82 Å². The number of anilines is 1. The normalized spacial score (nSPS) is 16.8. The summed E-state index contributed by atoms with van der Waals surface area (Å²) in [6.07, 6.45) is 0.773. The third-order valence-corrected chi connectivity index (χ3v) is 5.44. The molecule has 32 heavy (non-hydrogen) atoms. The molecule has 0 radical (unpaired) electrons. The van der Waals surface area contributed by atoms with Crippen LogP contribution in [-0.2, 0) is 4.74 Å². The summed E-state index contributed by atoms with van der Waals surface area (Å²) in [6, 6.07) is 12.5. The highest BCUT2D eigenvalue weighted by Gasteiger charge is 2.24. The van der Waals surface area contributed by atoms with E-state index in [2.05, 4.69) is 20.5 Å². The van der Waals surface area contributed by atoms with Gasteiger partial charge < -0.3 is 29.7 Å². The largest absolute Gasteiger partial charge is 0.497 e. The van der Waals surface area contributed by atoms with Gasteiger partial charge in [-0.1, -0.05) is 12.1 Å². The Hall–Kier alpha value is -2.27. The van der Waals surface area contributed by atoms with E-state index in [0.717, 1.165) is 42.3 Å². The molecular formula is C23H32FIN4O3. The second kappa shape index (κ2) is 12.7. The van der Waals surface area contributed by atoms with Gasteiger partial charge in [-0.3, -0.25) is 4.99 Å². The van der Waals surface area contributed by atoms with Crippen LogP contribution in [0.5, 0.6) is 11.5 Å².